The topological polar surface area (TPSA) is 95.5 Å². The molecule has 38 heavy (non-hydrogen) atoms. The summed E-state index contributed by atoms with van der Waals surface area (Å²) in [6.45, 7) is 1.41. The molecule has 1 saturated heterocycles. The maximum Gasteiger partial charge on any atom is 0.255 e. The molecule has 1 aromatic carbocycles. The van der Waals surface area contributed by atoms with Gasteiger partial charge in [0.25, 0.3) is 5.91 Å². The minimum atomic E-state index is -0.867. The number of benzene rings is 1. The van der Waals surface area contributed by atoms with Crippen molar-refractivity contribution in [3.8, 4) is 11.3 Å². The van der Waals surface area contributed by atoms with Crippen LogP contribution in [-0.4, -0.2) is 50.1 Å². The molecule has 0 bridgehead atoms. The summed E-state index contributed by atoms with van der Waals surface area (Å²) in [6.07, 6.45) is 4.05. The van der Waals surface area contributed by atoms with Crippen molar-refractivity contribution in [3.05, 3.63) is 81.3 Å². The predicted molar refractivity (Wildman–Crippen MR) is 133 cm³/mol. The zero-order valence-electron chi connectivity index (χ0n) is 20.1. The maximum atomic E-state index is 15.7. The molecular formula is C27H22ClF2N5O3. The minimum Gasteiger partial charge on any atom is -0.322 e. The van der Waals surface area contributed by atoms with Crippen molar-refractivity contribution in [1.82, 2.24) is 25.1 Å². The lowest BCUT2D eigenvalue weighted by molar-refractivity contribution is -0.136. The Labute approximate surface area is 221 Å². The first-order valence-corrected chi connectivity index (χ1v) is 12.6. The fourth-order valence-corrected chi connectivity index (χ4v) is 5.73. The molecule has 0 spiro atoms. The third-order valence-electron chi connectivity index (χ3n) is 7.44. The Morgan fingerprint density at radius 2 is 1.74 bits per heavy atom. The van der Waals surface area contributed by atoms with Crippen molar-refractivity contribution in [2.75, 3.05) is 6.54 Å². The largest absolute Gasteiger partial charge is 0.322 e. The van der Waals surface area contributed by atoms with Gasteiger partial charge in [-0.1, -0.05) is 11.6 Å². The van der Waals surface area contributed by atoms with Crippen LogP contribution >= 0.6 is 11.6 Å². The molecule has 6 rings (SSSR count). The average Bonchev–Trinajstić information content (AvgIpc) is 3.23. The summed E-state index contributed by atoms with van der Waals surface area (Å²) in [6, 6.07) is 5.40. The van der Waals surface area contributed by atoms with Crippen LogP contribution in [0.5, 0.6) is 0 Å². The smallest absolute Gasteiger partial charge is 0.255 e. The van der Waals surface area contributed by atoms with Gasteiger partial charge in [-0.15, -0.1) is 0 Å². The summed E-state index contributed by atoms with van der Waals surface area (Å²) in [7, 11) is 0. The first-order valence-electron chi connectivity index (χ1n) is 12.3. The van der Waals surface area contributed by atoms with E-state index in [-0.39, 0.29) is 41.8 Å². The number of carbonyl (C=O) groups is 3. The first-order chi connectivity index (χ1) is 18.3. The van der Waals surface area contributed by atoms with Gasteiger partial charge in [-0.05, 0) is 48.2 Å². The summed E-state index contributed by atoms with van der Waals surface area (Å²) < 4.78 is 31.4. The van der Waals surface area contributed by atoms with Gasteiger partial charge in [-0.25, -0.2) is 13.8 Å². The molecule has 0 aliphatic carbocycles. The molecule has 5 heterocycles. The predicted octanol–water partition coefficient (Wildman–Crippen LogP) is 3.39. The second-order valence-electron chi connectivity index (χ2n) is 9.69. The highest BCUT2D eigenvalue weighted by molar-refractivity contribution is 6.30. The molecule has 1 N–H and O–H groups in total. The second-order valence-corrected chi connectivity index (χ2v) is 10.0. The molecular weight excluding hydrogens is 516 g/mol. The van der Waals surface area contributed by atoms with Gasteiger partial charge in [0, 0.05) is 60.7 Å². The van der Waals surface area contributed by atoms with Crippen LogP contribution < -0.4 is 5.32 Å². The molecule has 0 saturated carbocycles. The standard InChI is InChI=1S/C27H22ClF2N5O3/c28-25-16-7-10-34(11-14(16)5-9-32-25)12-15-6-8-31-24(22(15)29)18-2-1-17-19(23(18)30)13-35(27(17)38)20-3-4-21(36)33-26(20)37/h1-2,5-6,8-9,20H,3-4,7,10-13H2,(H,33,36,37). The van der Waals surface area contributed by atoms with Crippen molar-refractivity contribution >= 4 is 29.3 Å². The zero-order valence-corrected chi connectivity index (χ0v) is 20.9. The van der Waals surface area contributed by atoms with E-state index < -0.39 is 35.4 Å². The number of imide groups is 1. The molecule has 8 nitrogen and oxygen atoms in total. The number of hydrogen-bond donors (Lipinski definition) is 1. The molecule has 3 aromatic rings. The maximum absolute atomic E-state index is 15.7. The Hall–Kier alpha value is -3.76. The van der Waals surface area contributed by atoms with Crippen LogP contribution in [0.25, 0.3) is 11.3 Å². The monoisotopic (exact) mass is 537 g/mol. The summed E-state index contributed by atoms with van der Waals surface area (Å²) in [4.78, 5) is 48.3. The van der Waals surface area contributed by atoms with Crippen LogP contribution in [0.2, 0.25) is 5.15 Å². The number of piperidine rings is 1. The molecule has 3 amide bonds. The molecule has 11 heteroatoms. The Morgan fingerprint density at radius 3 is 2.55 bits per heavy atom. The van der Waals surface area contributed by atoms with E-state index >= 15 is 8.78 Å². The number of aromatic nitrogens is 2. The van der Waals surface area contributed by atoms with Crippen LogP contribution in [0.15, 0.2) is 36.7 Å². The SMILES string of the molecule is O=C1CCC(N2Cc3c(ccc(-c4nccc(CN5CCc6c(ccnc6Cl)C5)c4F)c3F)C2=O)C(=O)N1. The molecule has 3 aliphatic rings. The van der Waals surface area contributed by atoms with Crippen LogP contribution in [0.1, 0.15) is 45.5 Å². The summed E-state index contributed by atoms with van der Waals surface area (Å²) in [5.41, 5.74) is 2.43. The highest BCUT2D eigenvalue weighted by Crippen LogP contribution is 2.35. The summed E-state index contributed by atoms with van der Waals surface area (Å²) in [5.74, 6) is -2.86. The van der Waals surface area contributed by atoms with Crippen LogP contribution in [-0.2, 0) is 35.6 Å². The lowest BCUT2D eigenvalue weighted by Crippen LogP contribution is -2.52. The van der Waals surface area contributed by atoms with E-state index in [1.54, 1.807) is 12.3 Å². The number of hydrogen-bond acceptors (Lipinski definition) is 6. The highest BCUT2D eigenvalue weighted by atomic mass is 35.5. The minimum absolute atomic E-state index is 0.0529. The summed E-state index contributed by atoms with van der Waals surface area (Å²) >= 11 is 6.20. The number of amides is 3. The molecule has 2 aromatic heterocycles. The number of nitrogens with one attached hydrogen (secondary N) is 1. The molecule has 0 radical (unpaired) electrons. The van der Waals surface area contributed by atoms with E-state index in [0.29, 0.717) is 36.8 Å². The lowest BCUT2D eigenvalue weighted by atomic mass is 10.00. The van der Waals surface area contributed by atoms with Crippen molar-refractivity contribution in [1.29, 1.82) is 0 Å². The van der Waals surface area contributed by atoms with E-state index in [1.165, 1.54) is 23.2 Å². The van der Waals surface area contributed by atoms with Gasteiger partial charge in [0.05, 0.1) is 6.54 Å². The number of rotatable bonds is 4. The fraction of sp³-hybridized carbons (Fsp3) is 0.296. The van der Waals surface area contributed by atoms with E-state index in [2.05, 4.69) is 20.2 Å². The Kier molecular flexibility index (Phi) is 6.16. The fourth-order valence-electron chi connectivity index (χ4n) is 5.46. The van der Waals surface area contributed by atoms with E-state index in [4.69, 9.17) is 11.6 Å². The van der Waals surface area contributed by atoms with Crippen molar-refractivity contribution < 1.29 is 23.2 Å². The molecule has 1 atom stereocenters. The zero-order chi connectivity index (χ0) is 26.6. The van der Waals surface area contributed by atoms with Gasteiger partial charge in [0.15, 0.2) is 5.82 Å². The van der Waals surface area contributed by atoms with E-state index in [0.717, 1.165) is 11.1 Å². The van der Waals surface area contributed by atoms with Crippen LogP contribution in [0.3, 0.4) is 0 Å². The Balaban J connectivity index is 1.26. The van der Waals surface area contributed by atoms with Gasteiger partial charge >= 0.3 is 0 Å². The molecule has 1 unspecified atom stereocenters. The van der Waals surface area contributed by atoms with Crippen molar-refractivity contribution in [2.24, 2.45) is 0 Å². The second kappa shape index (κ2) is 9.52. The van der Waals surface area contributed by atoms with Gasteiger partial charge in [-0.2, -0.15) is 0 Å². The van der Waals surface area contributed by atoms with Crippen LogP contribution in [0.4, 0.5) is 8.78 Å². The van der Waals surface area contributed by atoms with E-state index in [1.807, 2.05) is 6.07 Å². The van der Waals surface area contributed by atoms with E-state index in [9.17, 15) is 14.4 Å². The third-order valence-corrected chi connectivity index (χ3v) is 7.77. The number of halogens is 3. The molecule has 1 fully saturated rings. The number of fused-ring (bicyclic) bond motifs is 2. The number of carbonyl (C=O) groups excluding carboxylic acids is 3. The van der Waals surface area contributed by atoms with Gasteiger partial charge in [0.2, 0.25) is 11.8 Å². The van der Waals surface area contributed by atoms with Gasteiger partial charge in [0.1, 0.15) is 22.7 Å². The molecule has 194 valence electrons. The molecule has 3 aliphatic heterocycles. The normalized spacial score (nSPS) is 19.4. The third kappa shape index (κ3) is 4.13. The Bertz CT molecular complexity index is 1510. The van der Waals surface area contributed by atoms with Crippen LogP contribution in [0, 0.1) is 11.6 Å². The number of nitrogens with zero attached hydrogens (tertiary/aromatic N) is 4. The van der Waals surface area contributed by atoms with Crippen molar-refractivity contribution in [2.45, 2.75) is 44.9 Å². The van der Waals surface area contributed by atoms with Gasteiger partial charge in [-0.3, -0.25) is 29.6 Å². The van der Waals surface area contributed by atoms with Crippen molar-refractivity contribution in [3.63, 3.8) is 0 Å². The quantitative estimate of drug-likeness (QED) is 0.405. The summed E-state index contributed by atoms with van der Waals surface area (Å²) in [5, 5.41) is 2.71. The number of pyridine rings is 2. The van der Waals surface area contributed by atoms with Gasteiger partial charge < -0.3 is 4.90 Å². The average molecular weight is 538 g/mol. The first kappa shape index (κ1) is 24.6. The highest BCUT2D eigenvalue weighted by Gasteiger charge is 2.40. The lowest BCUT2D eigenvalue weighted by Gasteiger charge is -2.29. The Morgan fingerprint density at radius 1 is 0.947 bits per heavy atom.